The van der Waals surface area contributed by atoms with Gasteiger partial charge in [-0.3, -0.25) is 0 Å². The molecule has 1 aliphatic rings. The Morgan fingerprint density at radius 2 is 1.95 bits per heavy atom. The molecule has 2 amide bonds. The molecule has 0 radical (unpaired) electrons. The van der Waals surface area contributed by atoms with Crippen molar-refractivity contribution in [2.45, 2.75) is 18.4 Å². The molecule has 0 aromatic heterocycles. The summed E-state index contributed by atoms with van der Waals surface area (Å²) in [4.78, 5) is 13.9. The lowest BCUT2D eigenvalue weighted by Gasteiger charge is -2.19. The Labute approximate surface area is 119 Å². The lowest BCUT2D eigenvalue weighted by atomic mass is 10.1. The van der Waals surface area contributed by atoms with Gasteiger partial charge < -0.3 is 15.5 Å². The molecule has 0 aliphatic heterocycles. The summed E-state index contributed by atoms with van der Waals surface area (Å²) in [6.45, 7) is 1.48. The van der Waals surface area contributed by atoms with Gasteiger partial charge in [0, 0.05) is 18.1 Å². The summed E-state index contributed by atoms with van der Waals surface area (Å²) in [6.07, 6.45) is 1.96. The Morgan fingerprint density at radius 3 is 2.47 bits per heavy atom. The predicted octanol–water partition coefficient (Wildman–Crippen LogP) is 2.19. The number of hydrogen-bond acceptors (Lipinski definition) is 2. The highest BCUT2D eigenvalue weighted by atomic mass is 35.5. The standard InChI is InChI=1S/C14H20ClN3O/c1-18(2)10-9-16-13(19)17-14(7-8-14)11-3-5-12(15)6-4-11/h3-6H,7-10H2,1-2H3,(H2,16,17,19). The molecule has 1 saturated carbocycles. The second kappa shape index (κ2) is 5.80. The van der Waals surface area contributed by atoms with Crippen molar-refractivity contribution in [3.63, 3.8) is 0 Å². The summed E-state index contributed by atoms with van der Waals surface area (Å²) >= 11 is 5.88. The van der Waals surface area contributed by atoms with E-state index in [1.807, 2.05) is 43.3 Å². The van der Waals surface area contributed by atoms with Crippen LogP contribution in [0.4, 0.5) is 4.79 Å². The van der Waals surface area contributed by atoms with Gasteiger partial charge in [-0.25, -0.2) is 4.79 Å². The first-order valence-corrected chi connectivity index (χ1v) is 6.86. The molecule has 2 N–H and O–H groups in total. The van der Waals surface area contributed by atoms with Crippen LogP contribution in [-0.2, 0) is 5.54 Å². The topological polar surface area (TPSA) is 44.4 Å². The Morgan fingerprint density at radius 1 is 1.32 bits per heavy atom. The van der Waals surface area contributed by atoms with Gasteiger partial charge in [0.1, 0.15) is 0 Å². The minimum atomic E-state index is -0.188. The predicted molar refractivity (Wildman–Crippen MR) is 77.5 cm³/mol. The first-order valence-electron chi connectivity index (χ1n) is 6.49. The number of halogens is 1. The third-order valence-corrected chi connectivity index (χ3v) is 3.60. The Balaban J connectivity index is 1.87. The number of carbonyl (C=O) groups is 1. The molecule has 1 aromatic carbocycles. The Hall–Kier alpha value is -1.26. The van der Waals surface area contributed by atoms with E-state index in [1.165, 1.54) is 0 Å². The second-order valence-electron chi connectivity index (χ2n) is 5.27. The van der Waals surface area contributed by atoms with Gasteiger partial charge in [-0.1, -0.05) is 23.7 Å². The van der Waals surface area contributed by atoms with Crippen LogP contribution in [0.25, 0.3) is 0 Å². The fraction of sp³-hybridized carbons (Fsp3) is 0.500. The summed E-state index contributed by atoms with van der Waals surface area (Å²) < 4.78 is 0. The number of rotatable bonds is 5. The molecule has 0 spiro atoms. The lowest BCUT2D eigenvalue weighted by Crippen LogP contribution is -2.44. The van der Waals surface area contributed by atoms with Gasteiger partial charge >= 0.3 is 6.03 Å². The summed E-state index contributed by atoms with van der Waals surface area (Å²) in [5.41, 5.74) is 0.937. The molecule has 1 aromatic rings. The molecule has 104 valence electrons. The Kier molecular flexibility index (Phi) is 4.32. The van der Waals surface area contributed by atoms with Crippen LogP contribution < -0.4 is 10.6 Å². The molecule has 0 atom stereocenters. The maximum atomic E-state index is 11.9. The number of hydrogen-bond donors (Lipinski definition) is 2. The highest BCUT2D eigenvalue weighted by molar-refractivity contribution is 6.30. The van der Waals surface area contributed by atoms with Crippen molar-refractivity contribution in [1.29, 1.82) is 0 Å². The maximum Gasteiger partial charge on any atom is 0.315 e. The maximum absolute atomic E-state index is 11.9. The number of benzene rings is 1. The van der Waals surface area contributed by atoms with Crippen LogP contribution in [0.3, 0.4) is 0 Å². The fourth-order valence-electron chi connectivity index (χ4n) is 2.03. The first-order chi connectivity index (χ1) is 9.02. The molecule has 5 heteroatoms. The van der Waals surface area contributed by atoms with E-state index in [0.717, 1.165) is 30.0 Å². The highest BCUT2D eigenvalue weighted by Gasteiger charge is 2.45. The van der Waals surface area contributed by atoms with Gasteiger partial charge in [-0.2, -0.15) is 0 Å². The third kappa shape index (κ3) is 3.85. The van der Waals surface area contributed by atoms with E-state index in [9.17, 15) is 4.79 Å². The molecule has 2 rings (SSSR count). The number of urea groups is 1. The van der Waals surface area contributed by atoms with E-state index < -0.39 is 0 Å². The van der Waals surface area contributed by atoms with Crippen molar-refractivity contribution >= 4 is 17.6 Å². The van der Waals surface area contributed by atoms with Crippen LogP contribution in [-0.4, -0.2) is 38.1 Å². The molecular weight excluding hydrogens is 262 g/mol. The van der Waals surface area contributed by atoms with Crippen LogP contribution in [0.2, 0.25) is 5.02 Å². The molecule has 0 unspecified atom stereocenters. The van der Waals surface area contributed by atoms with E-state index in [-0.39, 0.29) is 11.6 Å². The fourth-order valence-corrected chi connectivity index (χ4v) is 2.16. The SMILES string of the molecule is CN(C)CCNC(=O)NC1(c2ccc(Cl)cc2)CC1. The quantitative estimate of drug-likeness (QED) is 0.869. The van der Waals surface area contributed by atoms with E-state index in [0.29, 0.717) is 6.54 Å². The zero-order valence-electron chi connectivity index (χ0n) is 11.4. The average Bonchev–Trinajstić information content (AvgIpc) is 3.10. The van der Waals surface area contributed by atoms with Crippen molar-refractivity contribution in [2.75, 3.05) is 27.2 Å². The van der Waals surface area contributed by atoms with E-state index in [4.69, 9.17) is 11.6 Å². The van der Waals surface area contributed by atoms with Crippen molar-refractivity contribution < 1.29 is 4.79 Å². The highest BCUT2D eigenvalue weighted by Crippen LogP contribution is 2.45. The van der Waals surface area contributed by atoms with E-state index in [1.54, 1.807) is 0 Å². The van der Waals surface area contributed by atoms with Gasteiger partial charge in [-0.15, -0.1) is 0 Å². The van der Waals surface area contributed by atoms with Crippen LogP contribution in [0.1, 0.15) is 18.4 Å². The average molecular weight is 282 g/mol. The summed E-state index contributed by atoms with van der Waals surface area (Å²) in [5, 5.41) is 6.66. The Bertz CT molecular complexity index is 441. The zero-order valence-corrected chi connectivity index (χ0v) is 12.1. The van der Waals surface area contributed by atoms with Gasteiger partial charge in [0.25, 0.3) is 0 Å². The van der Waals surface area contributed by atoms with Gasteiger partial charge in [0.05, 0.1) is 5.54 Å². The van der Waals surface area contributed by atoms with Gasteiger partial charge in [0.15, 0.2) is 0 Å². The monoisotopic (exact) mass is 281 g/mol. The molecule has 1 fully saturated rings. The first kappa shape index (κ1) is 14.2. The summed E-state index contributed by atoms with van der Waals surface area (Å²) in [7, 11) is 3.96. The zero-order chi connectivity index (χ0) is 13.9. The number of nitrogens with zero attached hydrogens (tertiary/aromatic N) is 1. The molecule has 19 heavy (non-hydrogen) atoms. The van der Waals surface area contributed by atoms with Crippen molar-refractivity contribution in [1.82, 2.24) is 15.5 Å². The van der Waals surface area contributed by atoms with Crippen molar-refractivity contribution in [3.8, 4) is 0 Å². The number of likely N-dealkylation sites (N-methyl/N-ethyl adjacent to an activating group) is 1. The van der Waals surface area contributed by atoms with Crippen LogP contribution in [0.15, 0.2) is 24.3 Å². The van der Waals surface area contributed by atoms with Crippen LogP contribution >= 0.6 is 11.6 Å². The number of nitrogens with one attached hydrogen (secondary N) is 2. The molecule has 0 heterocycles. The van der Waals surface area contributed by atoms with E-state index >= 15 is 0 Å². The van der Waals surface area contributed by atoms with Crippen LogP contribution in [0, 0.1) is 0 Å². The van der Waals surface area contributed by atoms with Crippen molar-refractivity contribution in [2.24, 2.45) is 0 Å². The summed E-state index contributed by atoms with van der Waals surface area (Å²) in [6, 6.07) is 7.59. The largest absolute Gasteiger partial charge is 0.337 e. The van der Waals surface area contributed by atoms with Crippen molar-refractivity contribution in [3.05, 3.63) is 34.9 Å². The normalized spacial score (nSPS) is 16.2. The molecular formula is C14H20ClN3O. The molecule has 1 aliphatic carbocycles. The van der Waals surface area contributed by atoms with Gasteiger partial charge in [-0.05, 0) is 44.6 Å². The van der Waals surface area contributed by atoms with Gasteiger partial charge in [0.2, 0.25) is 0 Å². The lowest BCUT2D eigenvalue weighted by molar-refractivity contribution is 0.234. The third-order valence-electron chi connectivity index (χ3n) is 3.34. The molecule has 0 saturated heterocycles. The second-order valence-corrected chi connectivity index (χ2v) is 5.71. The minimum Gasteiger partial charge on any atom is -0.337 e. The van der Waals surface area contributed by atoms with Crippen LogP contribution in [0.5, 0.6) is 0 Å². The minimum absolute atomic E-state index is 0.102. The number of carbonyl (C=O) groups excluding carboxylic acids is 1. The molecule has 4 nitrogen and oxygen atoms in total. The molecule has 0 bridgehead atoms. The number of amides is 2. The summed E-state index contributed by atoms with van der Waals surface area (Å²) in [5.74, 6) is 0. The smallest absolute Gasteiger partial charge is 0.315 e. The van der Waals surface area contributed by atoms with E-state index in [2.05, 4.69) is 10.6 Å².